The fourth-order valence-electron chi connectivity index (χ4n) is 0.603. The Balaban J connectivity index is 2.43. The molecule has 0 amide bonds. The van der Waals surface area contributed by atoms with Gasteiger partial charge in [0.2, 0.25) is 0 Å². The molecular weight excluding hydrogens is 254 g/mol. The number of rotatable bonds is 3. The molecule has 54 valence electrons. The fraction of sp³-hybridized carbons (Fsp3) is 0.250. The molecule has 0 bridgehead atoms. The Labute approximate surface area is 73.3 Å². The van der Waals surface area contributed by atoms with E-state index < -0.39 is 0 Å². The Bertz CT molecular complexity index is 172. The van der Waals surface area contributed by atoms with Crippen LogP contribution in [-0.4, -0.2) is 26.3 Å². The molecule has 0 saturated carbocycles. The third-order valence-electron chi connectivity index (χ3n) is 1.02. The van der Waals surface area contributed by atoms with Crippen LogP contribution in [0.4, 0.5) is 0 Å². The van der Waals surface area contributed by atoms with Crippen LogP contribution >= 0.6 is 0 Å². The molecule has 0 saturated heterocycles. The molecule has 0 heterocycles. The molecule has 0 unspecified atom stereocenters. The molecular formula is C8H10Se2. The van der Waals surface area contributed by atoms with Crippen molar-refractivity contribution in [1.82, 2.24) is 0 Å². The normalized spacial score (nSPS) is 9.70. The first-order valence-electron chi connectivity index (χ1n) is 3.28. The summed E-state index contributed by atoms with van der Waals surface area (Å²) in [5, 5.41) is 1.38. The van der Waals surface area contributed by atoms with Gasteiger partial charge in [0, 0.05) is 0 Å². The van der Waals surface area contributed by atoms with Crippen molar-refractivity contribution >= 4 is 30.7 Å². The van der Waals surface area contributed by atoms with Gasteiger partial charge in [-0.2, -0.15) is 0 Å². The zero-order valence-corrected chi connectivity index (χ0v) is 9.34. The maximum atomic E-state index is 2.27. The van der Waals surface area contributed by atoms with Crippen LogP contribution in [0.25, 0.3) is 0 Å². The first-order valence-corrected chi connectivity index (χ1v) is 9.68. The van der Waals surface area contributed by atoms with Crippen LogP contribution in [0.15, 0.2) is 30.3 Å². The summed E-state index contributed by atoms with van der Waals surface area (Å²) >= 11 is 1.66. The van der Waals surface area contributed by atoms with Crippen molar-refractivity contribution in [1.29, 1.82) is 0 Å². The second-order valence-electron chi connectivity index (χ2n) is 1.80. The van der Waals surface area contributed by atoms with E-state index >= 15 is 0 Å². The van der Waals surface area contributed by atoms with Crippen molar-refractivity contribution in [3.8, 4) is 0 Å². The summed E-state index contributed by atoms with van der Waals surface area (Å²) in [5.74, 6) is 0. The van der Waals surface area contributed by atoms with Crippen molar-refractivity contribution in [2.24, 2.45) is 0 Å². The Morgan fingerprint density at radius 3 is 2.50 bits per heavy atom. The topological polar surface area (TPSA) is 0 Å². The summed E-state index contributed by atoms with van der Waals surface area (Å²) < 4.78 is 1.55. The molecule has 10 heavy (non-hydrogen) atoms. The van der Waals surface area contributed by atoms with E-state index in [4.69, 9.17) is 0 Å². The van der Waals surface area contributed by atoms with Gasteiger partial charge in [-0.05, 0) is 0 Å². The number of benzene rings is 1. The van der Waals surface area contributed by atoms with E-state index in [2.05, 4.69) is 37.3 Å². The molecule has 2 heteroatoms. The molecule has 0 aromatic heterocycles. The van der Waals surface area contributed by atoms with Gasteiger partial charge in [-0.15, -0.1) is 0 Å². The molecule has 0 radical (unpaired) electrons. The van der Waals surface area contributed by atoms with Crippen molar-refractivity contribution in [2.75, 3.05) is 0 Å². The fourth-order valence-corrected chi connectivity index (χ4v) is 5.68. The molecule has 0 aliphatic heterocycles. The Morgan fingerprint density at radius 2 is 1.90 bits per heavy atom. The summed E-state index contributed by atoms with van der Waals surface area (Å²) in [6, 6.07) is 10.8. The first kappa shape index (κ1) is 8.36. The summed E-state index contributed by atoms with van der Waals surface area (Å²) in [4.78, 5) is 0. The van der Waals surface area contributed by atoms with Gasteiger partial charge in [0.1, 0.15) is 0 Å². The molecule has 1 aromatic rings. The molecule has 1 rings (SSSR count). The minimum absolute atomic E-state index is 0.781. The second kappa shape index (κ2) is 4.98. The van der Waals surface area contributed by atoms with E-state index in [1.165, 1.54) is 5.32 Å². The summed E-state index contributed by atoms with van der Waals surface area (Å²) in [6.45, 7) is 2.27. The van der Waals surface area contributed by atoms with E-state index in [1.54, 1.807) is 4.46 Å². The predicted octanol–water partition coefficient (Wildman–Crippen LogP) is 1.07. The molecule has 0 atom stereocenters. The van der Waals surface area contributed by atoms with Crippen LogP contribution in [0.1, 0.15) is 6.92 Å². The van der Waals surface area contributed by atoms with E-state index in [9.17, 15) is 0 Å². The third kappa shape index (κ3) is 2.90. The second-order valence-corrected chi connectivity index (χ2v) is 9.23. The molecule has 0 spiro atoms. The quantitative estimate of drug-likeness (QED) is 0.716. The summed E-state index contributed by atoms with van der Waals surface area (Å²) in [5.41, 5.74) is 0. The zero-order chi connectivity index (χ0) is 7.23. The molecule has 0 aliphatic rings. The van der Waals surface area contributed by atoms with E-state index in [0.717, 1.165) is 26.3 Å². The zero-order valence-electron chi connectivity index (χ0n) is 5.91. The van der Waals surface area contributed by atoms with Crippen molar-refractivity contribution < 1.29 is 0 Å². The standard InChI is InChI=1S/C8H10Se2/c1-2-9-10-8-6-4-3-5-7-8/h3-7H,2H2,1H3. The van der Waals surface area contributed by atoms with Crippen LogP contribution in [0.5, 0.6) is 0 Å². The predicted molar refractivity (Wildman–Crippen MR) is 48.1 cm³/mol. The van der Waals surface area contributed by atoms with Gasteiger partial charge in [0.05, 0.1) is 0 Å². The third-order valence-corrected chi connectivity index (χ3v) is 8.69. The Hall–Kier alpha value is 0.259. The Kier molecular flexibility index (Phi) is 4.16. The van der Waals surface area contributed by atoms with Crippen LogP contribution in [0.3, 0.4) is 0 Å². The van der Waals surface area contributed by atoms with Crippen molar-refractivity contribution in [2.45, 2.75) is 12.2 Å². The molecule has 0 aliphatic carbocycles. The van der Waals surface area contributed by atoms with Crippen LogP contribution in [0.2, 0.25) is 5.32 Å². The Morgan fingerprint density at radius 1 is 1.20 bits per heavy atom. The molecule has 0 fully saturated rings. The monoisotopic (exact) mass is 266 g/mol. The summed E-state index contributed by atoms with van der Waals surface area (Å²) in [6.07, 6.45) is 0. The van der Waals surface area contributed by atoms with Crippen molar-refractivity contribution in [3.63, 3.8) is 0 Å². The number of hydrogen-bond donors (Lipinski definition) is 0. The molecule has 0 nitrogen and oxygen atoms in total. The van der Waals surface area contributed by atoms with E-state index in [1.807, 2.05) is 0 Å². The average molecular weight is 264 g/mol. The molecule has 0 N–H and O–H groups in total. The van der Waals surface area contributed by atoms with E-state index in [0.29, 0.717) is 0 Å². The first-order chi connectivity index (χ1) is 4.93. The summed E-state index contributed by atoms with van der Waals surface area (Å²) in [7, 11) is 0. The van der Waals surface area contributed by atoms with Crippen LogP contribution in [0, 0.1) is 0 Å². The minimum atomic E-state index is 0.781. The SMILES string of the molecule is CC[Se][Se]c1ccccc1. The van der Waals surface area contributed by atoms with Gasteiger partial charge < -0.3 is 0 Å². The molecule has 1 aromatic carbocycles. The van der Waals surface area contributed by atoms with Gasteiger partial charge in [0.15, 0.2) is 0 Å². The van der Waals surface area contributed by atoms with Gasteiger partial charge in [0.25, 0.3) is 0 Å². The van der Waals surface area contributed by atoms with Gasteiger partial charge >= 0.3 is 73.3 Å². The maximum absolute atomic E-state index is 2.27. The number of hydrogen-bond acceptors (Lipinski definition) is 0. The van der Waals surface area contributed by atoms with Crippen molar-refractivity contribution in [3.05, 3.63) is 30.3 Å². The van der Waals surface area contributed by atoms with Gasteiger partial charge in [-0.3, -0.25) is 0 Å². The van der Waals surface area contributed by atoms with Crippen LogP contribution in [-0.2, 0) is 0 Å². The average Bonchev–Trinajstić information content (AvgIpc) is 2.03. The van der Waals surface area contributed by atoms with Gasteiger partial charge in [-0.1, -0.05) is 0 Å². The van der Waals surface area contributed by atoms with Crippen LogP contribution < -0.4 is 4.46 Å². The van der Waals surface area contributed by atoms with E-state index in [-0.39, 0.29) is 0 Å². The van der Waals surface area contributed by atoms with Gasteiger partial charge in [-0.25, -0.2) is 0 Å².